The van der Waals surface area contributed by atoms with Crippen LogP contribution >= 0.6 is 0 Å². The summed E-state index contributed by atoms with van der Waals surface area (Å²) in [5.41, 5.74) is 6.21. The average molecular weight is 155 g/mol. The fourth-order valence-corrected chi connectivity index (χ4v) is 2.13. The Bertz CT molecular complexity index is 133. The summed E-state index contributed by atoms with van der Waals surface area (Å²) in [4.78, 5) is 0. The maximum atomic E-state index is 5.77. The van der Waals surface area contributed by atoms with Crippen molar-refractivity contribution in [2.75, 3.05) is 6.54 Å². The molecule has 1 nitrogen and oxygen atoms in total. The molecule has 66 valence electrons. The van der Waals surface area contributed by atoms with Crippen LogP contribution in [0.2, 0.25) is 0 Å². The lowest BCUT2D eigenvalue weighted by Gasteiger charge is -2.41. The molecule has 1 aliphatic rings. The maximum Gasteiger partial charge on any atom is -0.00206 e. The second kappa shape index (κ2) is 3.14. The van der Waals surface area contributed by atoms with Crippen LogP contribution < -0.4 is 5.73 Å². The first-order chi connectivity index (χ1) is 5.08. The number of hydrogen-bond donors (Lipinski definition) is 1. The van der Waals surface area contributed by atoms with E-state index in [2.05, 4.69) is 20.8 Å². The summed E-state index contributed by atoms with van der Waals surface area (Å²) in [6, 6.07) is 0. The van der Waals surface area contributed by atoms with Crippen molar-refractivity contribution in [1.29, 1.82) is 0 Å². The molecule has 0 aromatic heterocycles. The van der Waals surface area contributed by atoms with Gasteiger partial charge in [-0.25, -0.2) is 0 Å². The molecule has 0 heterocycles. The lowest BCUT2D eigenvalue weighted by atomic mass is 9.65. The van der Waals surface area contributed by atoms with Crippen LogP contribution in [0.15, 0.2) is 0 Å². The number of nitrogens with two attached hydrogens (primary N) is 1. The van der Waals surface area contributed by atoms with Crippen molar-refractivity contribution in [2.45, 2.75) is 40.0 Å². The molecule has 1 rings (SSSR count). The van der Waals surface area contributed by atoms with Gasteiger partial charge in [-0.3, -0.25) is 0 Å². The van der Waals surface area contributed by atoms with Gasteiger partial charge in [0.15, 0.2) is 0 Å². The summed E-state index contributed by atoms with van der Waals surface area (Å²) in [5.74, 6) is 1.74. The van der Waals surface area contributed by atoms with E-state index in [1.807, 2.05) is 0 Å². The molecule has 11 heavy (non-hydrogen) atoms. The summed E-state index contributed by atoms with van der Waals surface area (Å²) < 4.78 is 0. The Hall–Kier alpha value is -0.0400. The van der Waals surface area contributed by atoms with Crippen LogP contribution in [0.5, 0.6) is 0 Å². The molecule has 0 spiro atoms. The van der Waals surface area contributed by atoms with Crippen molar-refractivity contribution in [1.82, 2.24) is 0 Å². The number of rotatable bonds is 1. The van der Waals surface area contributed by atoms with Crippen molar-refractivity contribution in [2.24, 2.45) is 23.0 Å². The van der Waals surface area contributed by atoms with Crippen molar-refractivity contribution in [3.8, 4) is 0 Å². The van der Waals surface area contributed by atoms with Gasteiger partial charge < -0.3 is 5.73 Å². The van der Waals surface area contributed by atoms with E-state index in [1.165, 1.54) is 19.3 Å². The molecule has 2 N–H and O–H groups in total. The molecule has 0 unspecified atom stereocenters. The zero-order valence-corrected chi connectivity index (χ0v) is 8.06. The first-order valence-electron chi connectivity index (χ1n) is 4.78. The molecule has 0 saturated heterocycles. The summed E-state index contributed by atoms with van der Waals surface area (Å²) in [6.07, 6.45) is 4.07. The monoisotopic (exact) mass is 155 g/mol. The van der Waals surface area contributed by atoms with E-state index in [4.69, 9.17) is 5.73 Å². The summed E-state index contributed by atoms with van der Waals surface area (Å²) in [5, 5.41) is 0. The zero-order chi connectivity index (χ0) is 8.48. The standard InChI is InChI=1S/C10H21N/c1-8-4-5-10(3,7-11)9(2)6-8/h8-9H,4-7,11H2,1-3H3/t8-,9+,10-/m1/s1. The van der Waals surface area contributed by atoms with Crippen LogP contribution in [0.3, 0.4) is 0 Å². The van der Waals surface area contributed by atoms with E-state index >= 15 is 0 Å². The highest BCUT2D eigenvalue weighted by Crippen LogP contribution is 2.41. The van der Waals surface area contributed by atoms with Gasteiger partial charge in [-0.1, -0.05) is 27.2 Å². The van der Waals surface area contributed by atoms with Gasteiger partial charge in [0.25, 0.3) is 0 Å². The molecular formula is C10H21N. The molecular weight excluding hydrogens is 134 g/mol. The summed E-state index contributed by atoms with van der Waals surface area (Å²) >= 11 is 0. The normalized spacial score (nSPS) is 45.8. The fourth-order valence-electron chi connectivity index (χ4n) is 2.13. The largest absolute Gasteiger partial charge is 0.330 e. The molecule has 0 aromatic carbocycles. The van der Waals surface area contributed by atoms with E-state index < -0.39 is 0 Å². The lowest BCUT2D eigenvalue weighted by Crippen LogP contribution is -2.38. The molecule has 1 heteroatoms. The van der Waals surface area contributed by atoms with Crippen molar-refractivity contribution in [3.05, 3.63) is 0 Å². The van der Waals surface area contributed by atoms with Crippen LogP contribution in [0, 0.1) is 17.3 Å². The van der Waals surface area contributed by atoms with Crippen LogP contribution in [0.25, 0.3) is 0 Å². The topological polar surface area (TPSA) is 26.0 Å². The van der Waals surface area contributed by atoms with Crippen LogP contribution in [-0.4, -0.2) is 6.54 Å². The van der Waals surface area contributed by atoms with Crippen molar-refractivity contribution >= 4 is 0 Å². The van der Waals surface area contributed by atoms with E-state index in [-0.39, 0.29) is 0 Å². The Balaban J connectivity index is 2.56. The minimum Gasteiger partial charge on any atom is -0.330 e. The third-order valence-electron chi connectivity index (χ3n) is 3.62. The highest BCUT2D eigenvalue weighted by atomic mass is 14.6. The Morgan fingerprint density at radius 1 is 1.45 bits per heavy atom. The van der Waals surface area contributed by atoms with Gasteiger partial charge >= 0.3 is 0 Å². The first-order valence-corrected chi connectivity index (χ1v) is 4.78. The van der Waals surface area contributed by atoms with Gasteiger partial charge in [-0.15, -0.1) is 0 Å². The molecule has 1 saturated carbocycles. The highest BCUT2D eigenvalue weighted by molar-refractivity contribution is 4.86. The summed E-state index contributed by atoms with van der Waals surface area (Å²) in [7, 11) is 0. The molecule has 0 bridgehead atoms. The quantitative estimate of drug-likeness (QED) is 0.618. The second-order valence-corrected chi connectivity index (χ2v) is 4.64. The van der Waals surface area contributed by atoms with E-state index in [1.54, 1.807) is 0 Å². The fraction of sp³-hybridized carbons (Fsp3) is 1.00. The molecule has 0 aliphatic heterocycles. The molecule has 0 radical (unpaired) electrons. The number of hydrogen-bond acceptors (Lipinski definition) is 1. The Kier molecular flexibility index (Phi) is 2.58. The van der Waals surface area contributed by atoms with Gasteiger partial charge in [0.2, 0.25) is 0 Å². The molecule has 1 fully saturated rings. The maximum absolute atomic E-state index is 5.77. The third kappa shape index (κ3) is 1.76. The van der Waals surface area contributed by atoms with E-state index in [0.717, 1.165) is 18.4 Å². The second-order valence-electron chi connectivity index (χ2n) is 4.64. The van der Waals surface area contributed by atoms with Crippen molar-refractivity contribution in [3.63, 3.8) is 0 Å². The SMILES string of the molecule is C[C@@H]1CC[C@](C)(CN)[C@@H](C)C1. The average Bonchev–Trinajstić information content (AvgIpc) is 1.98. The lowest BCUT2D eigenvalue weighted by molar-refractivity contribution is 0.108. The first kappa shape index (κ1) is 9.05. The minimum atomic E-state index is 0.437. The Morgan fingerprint density at radius 2 is 2.09 bits per heavy atom. The minimum absolute atomic E-state index is 0.437. The Morgan fingerprint density at radius 3 is 2.55 bits per heavy atom. The zero-order valence-electron chi connectivity index (χ0n) is 8.06. The predicted octanol–water partition coefficient (Wildman–Crippen LogP) is 2.41. The molecule has 1 aliphatic carbocycles. The van der Waals surface area contributed by atoms with Crippen LogP contribution in [0.1, 0.15) is 40.0 Å². The molecule has 0 amide bonds. The molecule has 0 aromatic rings. The third-order valence-corrected chi connectivity index (χ3v) is 3.62. The van der Waals surface area contributed by atoms with Crippen LogP contribution in [-0.2, 0) is 0 Å². The van der Waals surface area contributed by atoms with Crippen LogP contribution in [0.4, 0.5) is 0 Å². The van der Waals surface area contributed by atoms with E-state index in [9.17, 15) is 0 Å². The summed E-state index contributed by atoms with van der Waals surface area (Å²) in [6.45, 7) is 7.90. The smallest absolute Gasteiger partial charge is 0.00206 e. The van der Waals surface area contributed by atoms with E-state index in [0.29, 0.717) is 5.41 Å². The van der Waals surface area contributed by atoms with Crippen molar-refractivity contribution < 1.29 is 0 Å². The van der Waals surface area contributed by atoms with Gasteiger partial charge in [0, 0.05) is 0 Å². The van der Waals surface area contributed by atoms with Gasteiger partial charge in [-0.05, 0) is 36.6 Å². The van der Waals surface area contributed by atoms with Gasteiger partial charge in [0.1, 0.15) is 0 Å². The van der Waals surface area contributed by atoms with Gasteiger partial charge in [-0.2, -0.15) is 0 Å². The predicted molar refractivity (Wildman–Crippen MR) is 49.3 cm³/mol. The Labute approximate surface area is 70.4 Å². The van der Waals surface area contributed by atoms with Gasteiger partial charge in [0.05, 0.1) is 0 Å². The highest BCUT2D eigenvalue weighted by Gasteiger charge is 2.34. The molecule has 3 atom stereocenters.